The number of rotatable bonds is 5. The van der Waals surface area contributed by atoms with Gasteiger partial charge in [-0.25, -0.2) is 4.98 Å². The molecule has 2 unspecified atom stereocenters. The van der Waals surface area contributed by atoms with Gasteiger partial charge in [-0.2, -0.15) is 11.8 Å². The number of ether oxygens (including phenoxy) is 1. The molecule has 0 spiro atoms. The topological polar surface area (TPSA) is 47.0 Å². The van der Waals surface area contributed by atoms with Crippen molar-refractivity contribution in [3.8, 4) is 5.88 Å². The molecule has 1 aliphatic rings. The Morgan fingerprint density at radius 3 is 2.94 bits per heavy atom. The molecule has 4 nitrogen and oxygen atoms in total. The molecule has 1 N–H and O–H groups in total. The lowest BCUT2D eigenvalue weighted by molar-refractivity contribution is 0.373. The summed E-state index contributed by atoms with van der Waals surface area (Å²) in [4.78, 5) is 8.74. The molecule has 2 rings (SSSR count). The van der Waals surface area contributed by atoms with Gasteiger partial charge in [-0.1, -0.05) is 13.3 Å². The maximum absolute atomic E-state index is 5.34. The Balaban J connectivity index is 2.22. The monoisotopic (exact) mass is 267 g/mol. The molecule has 1 aromatic heterocycles. The Bertz CT molecular complexity index is 369. The lowest BCUT2D eigenvalue weighted by Crippen LogP contribution is -2.33. The highest BCUT2D eigenvalue weighted by Gasteiger charge is 2.28. The molecule has 0 aliphatic carbocycles. The van der Waals surface area contributed by atoms with Crippen molar-refractivity contribution in [3.05, 3.63) is 18.1 Å². The molecular weight excluding hydrogens is 246 g/mol. The second-order valence-corrected chi connectivity index (χ2v) is 5.74. The fourth-order valence-corrected chi connectivity index (χ4v) is 3.78. The minimum Gasteiger partial charge on any atom is -0.480 e. The van der Waals surface area contributed by atoms with Gasteiger partial charge in [-0.15, -0.1) is 0 Å². The number of nitrogens with one attached hydrogen (secondary N) is 1. The molecule has 100 valence electrons. The summed E-state index contributed by atoms with van der Waals surface area (Å²) < 4.78 is 5.34. The van der Waals surface area contributed by atoms with Gasteiger partial charge in [0.05, 0.1) is 13.2 Å². The van der Waals surface area contributed by atoms with Crippen LogP contribution in [0.1, 0.15) is 37.9 Å². The summed E-state index contributed by atoms with van der Waals surface area (Å²) in [5.41, 5.74) is 0.946. The van der Waals surface area contributed by atoms with E-state index in [4.69, 9.17) is 4.74 Å². The van der Waals surface area contributed by atoms with Gasteiger partial charge in [0.25, 0.3) is 0 Å². The van der Waals surface area contributed by atoms with E-state index in [1.54, 1.807) is 19.5 Å². The van der Waals surface area contributed by atoms with Crippen LogP contribution >= 0.6 is 11.8 Å². The van der Waals surface area contributed by atoms with Crippen molar-refractivity contribution < 1.29 is 4.74 Å². The summed E-state index contributed by atoms with van der Waals surface area (Å²) >= 11 is 2.04. The predicted octanol–water partition coefficient (Wildman–Crippen LogP) is 2.42. The molecule has 0 saturated carbocycles. The van der Waals surface area contributed by atoms with E-state index in [9.17, 15) is 0 Å². The summed E-state index contributed by atoms with van der Waals surface area (Å²) in [6, 6.07) is 0.240. The molecule has 0 aromatic carbocycles. The summed E-state index contributed by atoms with van der Waals surface area (Å²) in [6.45, 7) is 3.06. The van der Waals surface area contributed by atoms with Crippen molar-refractivity contribution in [2.75, 3.05) is 19.4 Å². The summed E-state index contributed by atoms with van der Waals surface area (Å²) in [6.07, 6.45) is 7.30. The largest absolute Gasteiger partial charge is 0.480 e. The maximum Gasteiger partial charge on any atom is 0.237 e. The SMILES string of the molecule is CCNC(c1nccnc1OC)C1CCCCS1. The van der Waals surface area contributed by atoms with Crippen molar-refractivity contribution in [2.24, 2.45) is 0 Å². The first-order valence-corrected chi connectivity index (χ1v) is 7.61. The third-order valence-corrected chi connectivity index (χ3v) is 4.65. The summed E-state index contributed by atoms with van der Waals surface area (Å²) in [7, 11) is 1.66. The Morgan fingerprint density at radius 2 is 2.28 bits per heavy atom. The summed E-state index contributed by atoms with van der Waals surface area (Å²) in [5.74, 6) is 1.89. The van der Waals surface area contributed by atoms with Gasteiger partial charge in [0, 0.05) is 17.6 Å². The molecule has 1 aliphatic heterocycles. The molecule has 1 aromatic rings. The smallest absolute Gasteiger partial charge is 0.237 e. The highest BCUT2D eigenvalue weighted by molar-refractivity contribution is 8.00. The van der Waals surface area contributed by atoms with Crippen LogP contribution in [0.2, 0.25) is 0 Å². The van der Waals surface area contributed by atoms with Crippen LogP contribution < -0.4 is 10.1 Å². The van der Waals surface area contributed by atoms with E-state index in [-0.39, 0.29) is 6.04 Å². The van der Waals surface area contributed by atoms with Crippen LogP contribution in [0.15, 0.2) is 12.4 Å². The first-order valence-electron chi connectivity index (χ1n) is 6.56. The zero-order valence-electron chi connectivity index (χ0n) is 11.1. The molecule has 5 heteroatoms. The highest BCUT2D eigenvalue weighted by Crippen LogP contribution is 2.36. The van der Waals surface area contributed by atoms with E-state index in [1.807, 2.05) is 11.8 Å². The minimum absolute atomic E-state index is 0.240. The second-order valence-electron chi connectivity index (χ2n) is 4.39. The lowest BCUT2D eigenvalue weighted by atomic mass is 10.0. The van der Waals surface area contributed by atoms with Crippen LogP contribution in [0.3, 0.4) is 0 Å². The Labute approximate surface area is 113 Å². The summed E-state index contributed by atoms with van der Waals surface area (Å²) in [5, 5.41) is 4.11. The van der Waals surface area contributed by atoms with Gasteiger partial charge < -0.3 is 10.1 Å². The van der Waals surface area contributed by atoms with Crippen molar-refractivity contribution in [2.45, 2.75) is 37.5 Å². The van der Waals surface area contributed by atoms with Crippen LogP contribution in [0.5, 0.6) is 5.88 Å². The van der Waals surface area contributed by atoms with E-state index in [0.717, 1.165) is 12.2 Å². The van der Waals surface area contributed by atoms with Crippen molar-refractivity contribution in [1.29, 1.82) is 0 Å². The van der Waals surface area contributed by atoms with Crippen LogP contribution in [0.4, 0.5) is 0 Å². The Kier molecular flexibility index (Phi) is 5.26. The highest BCUT2D eigenvalue weighted by atomic mass is 32.2. The normalized spacial score (nSPS) is 21.6. The Hall–Kier alpha value is -0.810. The van der Waals surface area contributed by atoms with E-state index in [2.05, 4.69) is 22.2 Å². The zero-order chi connectivity index (χ0) is 12.8. The molecule has 0 radical (unpaired) electrons. The molecule has 2 atom stereocenters. The van der Waals surface area contributed by atoms with Crippen molar-refractivity contribution in [1.82, 2.24) is 15.3 Å². The van der Waals surface area contributed by atoms with Crippen LogP contribution in [-0.4, -0.2) is 34.6 Å². The fraction of sp³-hybridized carbons (Fsp3) is 0.692. The molecule has 1 saturated heterocycles. The van der Waals surface area contributed by atoms with Gasteiger partial charge in [-0.05, 0) is 25.1 Å². The number of hydrogen-bond acceptors (Lipinski definition) is 5. The van der Waals surface area contributed by atoms with Gasteiger partial charge in [0.15, 0.2) is 0 Å². The molecular formula is C13H21N3OS. The van der Waals surface area contributed by atoms with Gasteiger partial charge in [0.2, 0.25) is 5.88 Å². The van der Waals surface area contributed by atoms with E-state index in [0.29, 0.717) is 11.1 Å². The maximum atomic E-state index is 5.34. The van der Waals surface area contributed by atoms with E-state index in [1.165, 1.54) is 25.0 Å². The number of thioether (sulfide) groups is 1. The lowest BCUT2D eigenvalue weighted by Gasteiger charge is -2.30. The van der Waals surface area contributed by atoms with Crippen molar-refractivity contribution in [3.63, 3.8) is 0 Å². The standard InChI is InChI=1S/C13H21N3OS/c1-3-14-11(10-6-4-5-9-18-10)12-13(17-2)16-8-7-15-12/h7-8,10-11,14H,3-6,9H2,1-2H3. The van der Waals surface area contributed by atoms with E-state index >= 15 is 0 Å². The number of nitrogens with zero attached hydrogens (tertiary/aromatic N) is 2. The average Bonchev–Trinajstić information content (AvgIpc) is 2.46. The quantitative estimate of drug-likeness (QED) is 0.888. The van der Waals surface area contributed by atoms with E-state index < -0.39 is 0 Å². The molecule has 0 bridgehead atoms. The average molecular weight is 267 g/mol. The van der Waals surface area contributed by atoms with Crippen LogP contribution in [0.25, 0.3) is 0 Å². The van der Waals surface area contributed by atoms with Crippen LogP contribution in [0, 0.1) is 0 Å². The third-order valence-electron chi connectivity index (χ3n) is 3.19. The first kappa shape index (κ1) is 13.6. The van der Waals surface area contributed by atoms with Crippen LogP contribution in [-0.2, 0) is 0 Å². The molecule has 0 amide bonds. The number of aromatic nitrogens is 2. The Morgan fingerprint density at radius 1 is 1.44 bits per heavy atom. The van der Waals surface area contributed by atoms with Gasteiger partial charge >= 0.3 is 0 Å². The van der Waals surface area contributed by atoms with Gasteiger partial charge in [-0.3, -0.25) is 4.98 Å². The minimum atomic E-state index is 0.240. The number of hydrogen-bond donors (Lipinski definition) is 1. The molecule has 18 heavy (non-hydrogen) atoms. The predicted molar refractivity (Wildman–Crippen MR) is 75.1 cm³/mol. The molecule has 1 fully saturated rings. The second kappa shape index (κ2) is 6.95. The van der Waals surface area contributed by atoms with Crippen molar-refractivity contribution >= 4 is 11.8 Å². The third kappa shape index (κ3) is 3.14. The fourth-order valence-electron chi connectivity index (χ4n) is 2.36. The first-order chi connectivity index (χ1) is 8.86. The molecule has 2 heterocycles. The van der Waals surface area contributed by atoms with Gasteiger partial charge in [0.1, 0.15) is 5.69 Å². The zero-order valence-corrected chi connectivity index (χ0v) is 11.9. The number of methoxy groups -OCH3 is 1.